The van der Waals surface area contributed by atoms with Gasteiger partial charge in [0.1, 0.15) is 18.0 Å². The molecular weight excluding hydrogens is 500 g/mol. The number of hydrogen-bond donors (Lipinski definition) is 1. The van der Waals surface area contributed by atoms with Gasteiger partial charge in [0.15, 0.2) is 0 Å². The first-order valence-corrected chi connectivity index (χ1v) is 13.7. The summed E-state index contributed by atoms with van der Waals surface area (Å²) >= 11 is 5.95. The largest absolute Gasteiger partial charge is 0.494 e. The van der Waals surface area contributed by atoms with E-state index >= 15 is 0 Å². The second kappa shape index (κ2) is 13.2. The number of sulfonamides is 1. The van der Waals surface area contributed by atoms with Gasteiger partial charge >= 0.3 is 0 Å². The number of anilines is 1. The van der Waals surface area contributed by atoms with Crippen LogP contribution in [0.2, 0.25) is 5.02 Å². The first kappa shape index (κ1) is 27.4. The first-order chi connectivity index (χ1) is 17.4. The molecule has 7 nitrogen and oxygen atoms in total. The third-order valence-electron chi connectivity index (χ3n) is 5.34. The maximum Gasteiger partial charge on any atom is 0.264 e. The molecule has 9 heteroatoms. The molecule has 3 aromatic carbocycles. The van der Waals surface area contributed by atoms with E-state index in [1.165, 1.54) is 24.3 Å². The molecule has 0 saturated heterocycles. The third kappa shape index (κ3) is 7.15. The van der Waals surface area contributed by atoms with E-state index in [9.17, 15) is 13.2 Å². The van der Waals surface area contributed by atoms with Gasteiger partial charge in [0.2, 0.25) is 5.91 Å². The highest BCUT2D eigenvalue weighted by atomic mass is 35.5. The van der Waals surface area contributed by atoms with Gasteiger partial charge in [-0.25, -0.2) is 8.42 Å². The minimum Gasteiger partial charge on any atom is -0.494 e. The maximum atomic E-state index is 13.6. The summed E-state index contributed by atoms with van der Waals surface area (Å²) in [6.45, 7) is 4.66. The van der Waals surface area contributed by atoms with Gasteiger partial charge < -0.3 is 14.8 Å². The van der Waals surface area contributed by atoms with E-state index in [1.54, 1.807) is 24.3 Å². The quantitative estimate of drug-likeness (QED) is 0.311. The molecule has 1 N–H and O–H groups in total. The van der Waals surface area contributed by atoms with Crippen LogP contribution < -0.4 is 19.1 Å². The Bertz CT molecular complexity index is 1250. The van der Waals surface area contributed by atoms with Crippen LogP contribution in [-0.4, -0.2) is 40.6 Å². The fourth-order valence-corrected chi connectivity index (χ4v) is 5.23. The Labute approximate surface area is 218 Å². The number of ether oxygens (including phenoxy) is 2. The van der Waals surface area contributed by atoms with Crippen molar-refractivity contribution in [1.29, 1.82) is 0 Å². The van der Waals surface area contributed by atoms with Crippen molar-refractivity contribution >= 4 is 33.2 Å². The normalized spacial score (nSPS) is 11.1. The lowest BCUT2D eigenvalue weighted by molar-refractivity contribution is -0.119. The number of amides is 1. The molecule has 3 aromatic rings. The zero-order valence-corrected chi connectivity index (χ0v) is 22.0. The Kier molecular flexibility index (Phi) is 10.0. The lowest BCUT2D eigenvalue weighted by Crippen LogP contribution is -2.41. The highest BCUT2D eigenvalue weighted by Crippen LogP contribution is 2.32. The van der Waals surface area contributed by atoms with E-state index in [-0.39, 0.29) is 10.6 Å². The number of aryl methyl sites for hydroxylation is 1. The highest BCUT2D eigenvalue weighted by Gasteiger charge is 2.29. The van der Waals surface area contributed by atoms with Crippen LogP contribution >= 0.6 is 11.6 Å². The Morgan fingerprint density at radius 3 is 2.19 bits per heavy atom. The number of hydrogen-bond acceptors (Lipinski definition) is 5. The molecule has 0 aliphatic carbocycles. The van der Waals surface area contributed by atoms with Crippen LogP contribution in [0.15, 0.2) is 77.7 Å². The monoisotopic (exact) mass is 530 g/mol. The Morgan fingerprint density at radius 2 is 1.50 bits per heavy atom. The number of para-hydroxylation sites is 3. The van der Waals surface area contributed by atoms with Gasteiger partial charge in [0, 0.05) is 11.6 Å². The van der Waals surface area contributed by atoms with Crippen molar-refractivity contribution in [3.05, 3.63) is 83.4 Å². The molecule has 3 rings (SSSR count). The molecule has 0 atom stereocenters. The van der Waals surface area contributed by atoms with E-state index in [0.717, 1.165) is 22.0 Å². The Balaban J connectivity index is 1.75. The lowest BCUT2D eigenvalue weighted by atomic mass is 10.1. The van der Waals surface area contributed by atoms with Crippen LogP contribution in [0.25, 0.3) is 0 Å². The summed E-state index contributed by atoms with van der Waals surface area (Å²) in [7, 11) is -4.07. The minimum absolute atomic E-state index is 0.0264. The second-order valence-corrected chi connectivity index (χ2v) is 10.2. The van der Waals surface area contributed by atoms with Gasteiger partial charge in [-0.15, -0.1) is 0 Å². The number of rotatable bonds is 13. The second-order valence-electron chi connectivity index (χ2n) is 7.86. The summed E-state index contributed by atoms with van der Waals surface area (Å²) in [4.78, 5) is 12.9. The smallest absolute Gasteiger partial charge is 0.264 e. The lowest BCUT2D eigenvalue weighted by Gasteiger charge is -2.26. The molecule has 0 aromatic heterocycles. The molecule has 0 fully saturated rings. The van der Waals surface area contributed by atoms with Crippen molar-refractivity contribution in [3.8, 4) is 11.5 Å². The summed E-state index contributed by atoms with van der Waals surface area (Å²) < 4.78 is 39.5. The van der Waals surface area contributed by atoms with Gasteiger partial charge in [-0.05, 0) is 74.7 Å². The van der Waals surface area contributed by atoms with Crippen LogP contribution in [0, 0.1) is 0 Å². The minimum atomic E-state index is -4.07. The van der Waals surface area contributed by atoms with Crippen molar-refractivity contribution < 1.29 is 22.7 Å². The van der Waals surface area contributed by atoms with E-state index in [2.05, 4.69) is 5.32 Å². The van der Waals surface area contributed by atoms with E-state index in [1.807, 2.05) is 38.1 Å². The number of nitrogens with one attached hydrogen (secondary N) is 1. The molecule has 0 bridgehead atoms. The Hall–Kier alpha value is -3.23. The molecule has 0 radical (unpaired) electrons. The zero-order chi connectivity index (χ0) is 26.0. The number of halogens is 1. The van der Waals surface area contributed by atoms with Gasteiger partial charge in [0.05, 0.1) is 23.8 Å². The van der Waals surface area contributed by atoms with Crippen molar-refractivity contribution in [1.82, 2.24) is 5.32 Å². The molecule has 0 heterocycles. The van der Waals surface area contributed by atoms with Crippen molar-refractivity contribution in [2.24, 2.45) is 0 Å². The average molecular weight is 531 g/mol. The standard InChI is InChI=1S/C27H31ClN2O5S/c1-3-34-25-13-7-5-10-21(25)11-9-19-29-27(31)20-30(24-12-6-8-14-26(24)35-4-2)36(32,33)23-17-15-22(28)16-18-23/h5-8,10,12-18H,3-4,9,11,19-20H2,1-2H3,(H,29,31). The summed E-state index contributed by atoms with van der Waals surface area (Å²) in [6, 6.07) is 20.4. The van der Waals surface area contributed by atoms with E-state index in [0.29, 0.717) is 37.0 Å². The van der Waals surface area contributed by atoms with Gasteiger partial charge in [-0.1, -0.05) is 41.9 Å². The zero-order valence-electron chi connectivity index (χ0n) is 20.4. The van der Waals surface area contributed by atoms with Gasteiger partial charge in [-0.2, -0.15) is 0 Å². The number of carbonyl (C=O) groups is 1. The number of nitrogens with zero attached hydrogens (tertiary/aromatic N) is 1. The highest BCUT2D eigenvalue weighted by molar-refractivity contribution is 7.92. The van der Waals surface area contributed by atoms with Gasteiger partial charge in [0.25, 0.3) is 10.0 Å². The number of carbonyl (C=O) groups excluding carboxylic acids is 1. The van der Waals surface area contributed by atoms with Crippen molar-refractivity contribution in [2.45, 2.75) is 31.6 Å². The van der Waals surface area contributed by atoms with Crippen LogP contribution in [0.4, 0.5) is 5.69 Å². The molecule has 0 unspecified atom stereocenters. The van der Waals surface area contributed by atoms with Crippen molar-refractivity contribution in [3.63, 3.8) is 0 Å². The molecule has 36 heavy (non-hydrogen) atoms. The van der Waals surface area contributed by atoms with E-state index < -0.39 is 22.5 Å². The van der Waals surface area contributed by atoms with Crippen LogP contribution in [0.3, 0.4) is 0 Å². The summed E-state index contributed by atoms with van der Waals surface area (Å²) in [5.41, 5.74) is 1.35. The van der Waals surface area contributed by atoms with Crippen LogP contribution in [0.1, 0.15) is 25.8 Å². The fraction of sp³-hybridized carbons (Fsp3) is 0.296. The van der Waals surface area contributed by atoms with Crippen molar-refractivity contribution in [2.75, 3.05) is 30.6 Å². The summed E-state index contributed by atoms with van der Waals surface area (Å²) in [5, 5.41) is 3.26. The first-order valence-electron chi connectivity index (χ1n) is 11.8. The SMILES string of the molecule is CCOc1ccccc1CCCNC(=O)CN(c1ccccc1OCC)S(=O)(=O)c1ccc(Cl)cc1. The third-order valence-corrected chi connectivity index (χ3v) is 7.37. The molecular formula is C27H31ClN2O5S. The maximum absolute atomic E-state index is 13.6. The van der Waals surface area contributed by atoms with Crippen LogP contribution in [-0.2, 0) is 21.2 Å². The topological polar surface area (TPSA) is 84.9 Å². The predicted octanol–water partition coefficient (Wildman–Crippen LogP) is 5.08. The molecule has 0 aliphatic heterocycles. The molecule has 0 saturated carbocycles. The van der Waals surface area contributed by atoms with E-state index in [4.69, 9.17) is 21.1 Å². The molecule has 192 valence electrons. The fourth-order valence-electron chi connectivity index (χ4n) is 3.67. The van der Waals surface area contributed by atoms with Gasteiger partial charge in [-0.3, -0.25) is 9.10 Å². The predicted molar refractivity (Wildman–Crippen MR) is 143 cm³/mol. The van der Waals surface area contributed by atoms with Crippen LogP contribution in [0.5, 0.6) is 11.5 Å². The summed E-state index contributed by atoms with van der Waals surface area (Å²) in [5.74, 6) is 0.786. The Morgan fingerprint density at radius 1 is 0.889 bits per heavy atom. The molecule has 1 amide bonds. The average Bonchev–Trinajstić information content (AvgIpc) is 2.87. The number of benzene rings is 3. The molecule has 0 aliphatic rings. The summed E-state index contributed by atoms with van der Waals surface area (Å²) in [6.07, 6.45) is 1.39. The molecule has 0 spiro atoms.